The van der Waals surface area contributed by atoms with Gasteiger partial charge in [-0.05, 0) is 48.5 Å². The Morgan fingerprint density at radius 1 is 1.00 bits per heavy atom. The summed E-state index contributed by atoms with van der Waals surface area (Å²) in [6, 6.07) is 13.5. The predicted molar refractivity (Wildman–Crippen MR) is 85.8 cm³/mol. The van der Waals surface area contributed by atoms with Crippen molar-refractivity contribution in [2.45, 2.75) is 6.04 Å². The fraction of sp³-hybridized carbons (Fsp3) is 0.222. The molecule has 0 saturated heterocycles. The lowest BCUT2D eigenvalue weighted by Crippen LogP contribution is -2.36. The van der Waals surface area contributed by atoms with E-state index >= 15 is 0 Å². The number of anilines is 1. The summed E-state index contributed by atoms with van der Waals surface area (Å²) in [6.07, 6.45) is 0. The summed E-state index contributed by atoms with van der Waals surface area (Å²) in [5.74, 6) is 6.25. The summed E-state index contributed by atoms with van der Waals surface area (Å²) >= 11 is 0. The zero-order valence-electron chi connectivity index (χ0n) is 12.3. The van der Waals surface area contributed by atoms with Gasteiger partial charge >= 0.3 is 0 Å². The van der Waals surface area contributed by atoms with Gasteiger partial charge in [-0.25, -0.2) is 4.39 Å². The lowest BCUT2D eigenvalue weighted by Gasteiger charge is -2.26. The Bertz CT molecular complexity index is 652. The molecule has 114 valence electrons. The number of benzene rings is 2. The summed E-state index contributed by atoms with van der Waals surface area (Å²) in [7, 11) is 1.75. The molecule has 22 heavy (non-hydrogen) atoms. The maximum Gasteiger partial charge on any atom is 0.115 e. The topological polar surface area (TPSA) is 43.7 Å². The highest BCUT2D eigenvalue weighted by molar-refractivity contribution is 5.52. The molecule has 1 unspecified atom stereocenters. The van der Waals surface area contributed by atoms with Crippen LogP contribution in [-0.2, 0) is 0 Å². The molecule has 0 bridgehead atoms. The van der Waals surface area contributed by atoms with Gasteiger partial charge < -0.3 is 15.1 Å². The van der Waals surface area contributed by atoms with Crippen LogP contribution in [0.2, 0.25) is 0 Å². The van der Waals surface area contributed by atoms with Crippen LogP contribution in [0.5, 0.6) is 5.75 Å². The van der Waals surface area contributed by atoms with Gasteiger partial charge in [0.25, 0.3) is 0 Å². The minimum atomic E-state index is -0.602. The van der Waals surface area contributed by atoms with E-state index in [9.17, 15) is 9.50 Å². The number of phenols is 1. The summed E-state index contributed by atoms with van der Waals surface area (Å²) in [5, 5.41) is 18.3. The van der Waals surface area contributed by atoms with Gasteiger partial charge in [0.2, 0.25) is 0 Å². The Kier molecular flexibility index (Phi) is 5.40. The zero-order valence-corrected chi connectivity index (χ0v) is 12.3. The molecular formula is C18H18FNO2. The number of hydrogen-bond donors (Lipinski definition) is 2. The number of halogens is 1. The number of alkyl halides is 1. The lowest BCUT2D eigenvalue weighted by atomic mass is 10.1. The van der Waals surface area contributed by atoms with Crippen LogP contribution in [0.1, 0.15) is 11.1 Å². The largest absolute Gasteiger partial charge is 0.508 e. The quantitative estimate of drug-likeness (QED) is 0.853. The van der Waals surface area contributed by atoms with E-state index in [1.54, 1.807) is 36.2 Å². The highest BCUT2D eigenvalue weighted by atomic mass is 19.1. The minimum absolute atomic E-state index is 0.212. The number of likely N-dealkylation sites (N-methyl/N-ethyl adjacent to an activating group) is 1. The Balaban J connectivity index is 2.11. The smallest absolute Gasteiger partial charge is 0.115 e. The third-order valence-electron chi connectivity index (χ3n) is 3.43. The van der Waals surface area contributed by atoms with Gasteiger partial charge in [-0.15, -0.1) is 0 Å². The summed E-state index contributed by atoms with van der Waals surface area (Å²) in [5.41, 5.74) is 2.48. The van der Waals surface area contributed by atoms with E-state index in [4.69, 9.17) is 5.11 Å². The molecule has 3 nitrogen and oxygen atoms in total. The predicted octanol–water partition coefficient (Wildman–Crippen LogP) is 2.56. The van der Waals surface area contributed by atoms with Crippen LogP contribution in [0.3, 0.4) is 0 Å². The van der Waals surface area contributed by atoms with Crippen molar-refractivity contribution in [3.8, 4) is 17.6 Å². The van der Waals surface area contributed by atoms with Crippen LogP contribution >= 0.6 is 0 Å². The molecule has 0 radical (unpaired) electrons. The summed E-state index contributed by atoms with van der Waals surface area (Å²) in [6.45, 7) is -0.829. The molecule has 0 saturated carbocycles. The number of hydrogen-bond acceptors (Lipinski definition) is 3. The fourth-order valence-corrected chi connectivity index (χ4v) is 1.95. The van der Waals surface area contributed by atoms with E-state index in [-0.39, 0.29) is 12.4 Å². The molecule has 2 aromatic carbocycles. The molecule has 0 aromatic heterocycles. The SMILES string of the molecule is CN(c1ccc(C#Cc2ccc(O)cc2)cc1)C(CO)CF. The molecule has 0 amide bonds. The molecule has 0 aliphatic carbocycles. The van der Waals surface area contributed by atoms with Crippen molar-refractivity contribution in [3.05, 3.63) is 59.7 Å². The van der Waals surface area contributed by atoms with Crippen LogP contribution in [0.25, 0.3) is 0 Å². The van der Waals surface area contributed by atoms with E-state index in [0.717, 1.165) is 16.8 Å². The fourth-order valence-electron chi connectivity index (χ4n) is 1.95. The minimum Gasteiger partial charge on any atom is -0.508 e. The summed E-state index contributed by atoms with van der Waals surface area (Å²) in [4.78, 5) is 1.71. The third-order valence-corrected chi connectivity index (χ3v) is 3.43. The standard InChI is InChI=1S/C18H18FNO2/c1-20(17(12-19)13-21)16-8-4-14(5-9-16)2-3-15-6-10-18(22)11-7-15/h4-11,17,21-22H,12-13H2,1H3. The summed E-state index contributed by atoms with van der Waals surface area (Å²) < 4.78 is 12.8. The number of phenolic OH excluding ortho intramolecular Hbond substituents is 1. The Hall–Kier alpha value is -2.51. The van der Waals surface area contributed by atoms with Crippen molar-refractivity contribution in [3.63, 3.8) is 0 Å². The second kappa shape index (κ2) is 7.48. The van der Waals surface area contributed by atoms with Gasteiger partial charge in [-0.2, -0.15) is 0 Å². The van der Waals surface area contributed by atoms with Gasteiger partial charge in [-0.1, -0.05) is 11.8 Å². The first kappa shape index (κ1) is 15.9. The highest BCUT2D eigenvalue weighted by Crippen LogP contribution is 2.16. The Labute approximate surface area is 129 Å². The van der Waals surface area contributed by atoms with Crippen molar-refractivity contribution in [1.29, 1.82) is 0 Å². The van der Waals surface area contributed by atoms with Crippen molar-refractivity contribution in [2.24, 2.45) is 0 Å². The van der Waals surface area contributed by atoms with Gasteiger partial charge in [0.1, 0.15) is 12.4 Å². The number of aliphatic hydroxyl groups is 1. The van der Waals surface area contributed by atoms with Gasteiger partial charge in [-0.3, -0.25) is 0 Å². The van der Waals surface area contributed by atoms with Crippen LogP contribution in [-0.4, -0.2) is 36.6 Å². The van der Waals surface area contributed by atoms with E-state index in [2.05, 4.69) is 11.8 Å². The van der Waals surface area contributed by atoms with E-state index in [0.29, 0.717) is 0 Å². The van der Waals surface area contributed by atoms with Crippen LogP contribution in [0, 0.1) is 11.8 Å². The average molecular weight is 299 g/mol. The van der Waals surface area contributed by atoms with Crippen molar-refractivity contribution in [2.75, 3.05) is 25.2 Å². The van der Waals surface area contributed by atoms with Gasteiger partial charge in [0.15, 0.2) is 0 Å². The molecule has 0 spiro atoms. The molecule has 2 aromatic rings. The average Bonchev–Trinajstić information content (AvgIpc) is 2.56. The third kappa shape index (κ3) is 4.00. The number of aliphatic hydroxyl groups excluding tert-OH is 1. The molecule has 1 atom stereocenters. The molecule has 2 N–H and O–H groups in total. The van der Waals surface area contributed by atoms with Crippen LogP contribution in [0.15, 0.2) is 48.5 Å². The molecule has 4 heteroatoms. The Morgan fingerprint density at radius 2 is 1.50 bits per heavy atom. The van der Waals surface area contributed by atoms with Crippen LogP contribution in [0.4, 0.5) is 10.1 Å². The molecule has 2 rings (SSSR count). The first-order chi connectivity index (χ1) is 10.6. The molecule has 0 aliphatic heterocycles. The molecule has 0 heterocycles. The lowest BCUT2D eigenvalue weighted by molar-refractivity contribution is 0.238. The van der Waals surface area contributed by atoms with E-state index in [1.165, 1.54) is 0 Å². The second-order valence-electron chi connectivity index (χ2n) is 4.95. The van der Waals surface area contributed by atoms with Gasteiger partial charge in [0, 0.05) is 23.9 Å². The number of rotatable bonds is 4. The van der Waals surface area contributed by atoms with Gasteiger partial charge in [0.05, 0.1) is 12.6 Å². The second-order valence-corrected chi connectivity index (χ2v) is 4.95. The molecule has 0 aliphatic rings. The van der Waals surface area contributed by atoms with E-state index < -0.39 is 12.7 Å². The maximum atomic E-state index is 12.8. The van der Waals surface area contributed by atoms with Crippen molar-refractivity contribution < 1.29 is 14.6 Å². The molecule has 0 fully saturated rings. The normalized spacial score (nSPS) is 11.4. The Morgan fingerprint density at radius 3 is 1.95 bits per heavy atom. The zero-order chi connectivity index (χ0) is 15.9. The monoisotopic (exact) mass is 299 g/mol. The van der Waals surface area contributed by atoms with Crippen molar-refractivity contribution in [1.82, 2.24) is 0 Å². The first-order valence-corrected chi connectivity index (χ1v) is 6.95. The number of aromatic hydroxyl groups is 1. The molecular weight excluding hydrogens is 281 g/mol. The van der Waals surface area contributed by atoms with Crippen molar-refractivity contribution >= 4 is 5.69 Å². The number of nitrogens with zero attached hydrogens (tertiary/aromatic N) is 1. The maximum absolute atomic E-state index is 12.8. The van der Waals surface area contributed by atoms with E-state index in [1.807, 2.05) is 24.3 Å². The highest BCUT2D eigenvalue weighted by Gasteiger charge is 2.13. The first-order valence-electron chi connectivity index (χ1n) is 6.95. The van der Waals surface area contributed by atoms with Crippen LogP contribution < -0.4 is 4.90 Å².